The molecule has 150 valence electrons. The zero-order valence-electron chi connectivity index (χ0n) is 15.9. The highest BCUT2D eigenvalue weighted by molar-refractivity contribution is 7.99. The Hall–Kier alpha value is -2.02. The van der Waals surface area contributed by atoms with Gasteiger partial charge in [0.2, 0.25) is 5.91 Å². The minimum absolute atomic E-state index is 0.133. The second-order valence-corrected chi connectivity index (χ2v) is 8.59. The maximum atomic E-state index is 12.7. The third-order valence-corrected chi connectivity index (χ3v) is 6.25. The van der Waals surface area contributed by atoms with E-state index in [4.69, 9.17) is 23.2 Å². The topological polar surface area (TPSA) is 51.0 Å². The van der Waals surface area contributed by atoms with E-state index in [1.54, 1.807) is 12.1 Å². The fraction of sp³-hybridized carbons (Fsp3) is 0.286. The van der Waals surface area contributed by atoms with Crippen LogP contribution in [0.4, 0.5) is 0 Å². The SMILES string of the molecule is CCN(C(=O)CSc1nnc(-c2ccc(Cl)cc2Cl)n1-c1ccccc1)C1CC1. The number of para-hydroxylation sites is 1. The number of carbonyl (C=O) groups excluding carboxylic acids is 1. The van der Waals surface area contributed by atoms with E-state index in [-0.39, 0.29) is 5.91 Å². The van der Waals surface area contributed by atoms with Gasteiger partial charge in [0.05, 0.1) is 10.8 Å². The third kappa shape index (κ3) is 4.44. The van der Waals surface area contributed by atoms with E-state index in [1.165, 1.54) is 11.8 Å². The summed E-state index contributed by atoms with van der Waals surface area (Å²) < 4.78 is 1.93. The molecule has 4 rings (SSSR count). The summed E-state index contributed by atoms with van der Waals surface area (Å²) in [4.78, 5) is 14.6. The molecule has 1 aliphatic rings. The van der Waals surface area contributed by atoms with Crippen molar-refractivity contribution in [3.05, 3.63) is 58.6 Å². The summed E-state index contributed by atoms with van der Waals surface area (Å²) in [5.41, 5.74) is 1.64. The van der Waals surface area contributed by atoms with Gasteiger partial charge >= 0.3 is 0 Å². The summed E-state index contributed by atoms with van der Waals surface area (Å²) in [6.07, 6.45) is 2.20. The van der Waals surface area contributed by atoms with Gasteiger partial charge < -0.3 is 4.90 Å². The van der Waals surface area contributed by atoms with Crippen molar-refractivity contribution in [1.29, 1.82) is 0 Å². The summed E-state index contributed by atoms with van der Waals surface area (Å²) in [5, 5.41) is 10.5. The van der Waals surface area contributed by atoms with Crippen molar-refractivity contribution in [2.75, 3.05) is 12.3 Å². The van der Waals surface area contributed by atoms with E-state index in [1.807, 2.05) is 52.8 Å². The molecule has 0 unspecified atom stereocenters. The van der Waals surface area contributed by atoms with E-state index in [0.29, 0.717) is 32.8 Å². The molecule has 0 radical (unpaired) electrons. The number of nitrogens with zero attached hydrogens (tertiary/aromatic N) is 4. The monoisotopic (exact) mass is 446 g/mol. The van der Waals surface area contributed by atoms with Gasteiger partial charge in [0.25, 0.3) is 0 Å². The van der Waals surface area contributed by atoms with Crippen molar-refractivity contribution in [3.8, 4) is 17.1 Å². The number of benzene rings is 2. The number of halogens is 2. The van der Waals surface area contributed by atoms with Crippen molar-refractivity contribution in [2.24, 2.45) is 0 Å². The average Bonchev–Trinajstić information content (AvgIpc) is 3.46. The molecular weight excluding hydrogens is 427 g/mol. The van der Waals surface area contributed by atoms with Gasteiger partial charge in [-0.1, -0.05) is 53.2 Å². The number of amides is 1. The van der Waals surface area contributed by atoms with Crippen molar-refractivity contribution in [2.45, 2.75) is 31.0 Å². The minimum atomic E-state index is 0.133. The molecule has 1 fully saturated rings. The van der Waals surface area contributed by atoms with Crippen molar-refractivity contribution in [1.82, 2.24) is 19.7 Å². The Morgan fingerprint density at radius 3 is 2.59 bits per heavy atom. The minimum Gasteiger partial charge on any atom is -0.339 e. The maximum Gasteiger partial charge on any atom is 0.233 e. The number of carbonyl (C=O) groups is 1. The fourth-order valence-electron chi connectivity index (χ4n) is 3.25. The van der Waals surface area contributed by atoms with Crippen LogP contribution in [0.5, 0.6) is 0 Å². The molecule has 0 saturated heterocycles. The van der Waals surface area contributed by atoms with Gasteiger partial charge in [-0.15, -0.1) is 10.2 Å². The fourth-order valence-corrected chi connectivity index (χ4v) is 4.58. The van der Waals surface area contributed by atoms with E-state index in [0.717, 1.165) is 30.6 Å². The van der Waals surface area contributed by atoms with E-state index in [2.05, 4.69) is 10.2 Å². The first-order chi connectivity index (χ1) is 14.1. The zero-order chi connectivity index (χ0) is 20.4. The van der Waals surface area contributed by atoms with Crippen molar-refractivity contribution >= 4 is 40.9 Å². The lowest BCUT2D eigenvalue weighted by molar-refractivity contribution is -0.128. The largest absolute Gasteiger partial charge is 0.339 e. The van der Waals surface area contributed by atoms with E-state index < -0.39 is 0 Å². The molecule has 0 spiro atoms. The summed E-state index contributed by atoms with van der Waals surface area (Å²) >= 11 is 13.9. The first-order valence-electron chi connectivity index (χ1n) is 9.47. The van der Waals surface area contributed by atoms with Gasteiger partial charge in [-0.2, -0.15) is 0 Å². The van der Waals surface area contributed by atoms with Gasteiger partial charge in [-0.25, -0.2) is 0 Å². The Balaban J connectivity index is 1.67. The van der Waals surface area contributed by atoms with Crippen LogP contribution in [0.3, 0.4) is 0 Å². The molecule has 8 heteroatoms. The quantitative estimate of drug-likeness (QED) is 0.459. The standard InChI is InChI=1S/C21H20Cl2N4OS/c1-2-26(15-9-10-15)19(28)13-29-21-25-24-20(17-11-8-14(22)12-18(17)23)27(21)16-6-4-3-5-7-16/h3-8,11-12,15H,2,9-10,13H2,1H3. The molecule has 2 aromatic carbocycles. The van der Waals surface area contributed by atoms with Crippen LogP contribution in [-0.2, 0) is 4.79 Å². The van der Waals surface area contributed by atoms with Gasteiger partial charge in [0.15, 0.2) is 11.0 Å². The molecule has 29 heavy (non-hydrogen) atoms. The molecule has 1 amide bonds. The molecular formula is C21H20Cl2N4OS. The van der Waals surface area contributed by atoms with Gasteiger partial charge in [0, 0.05) is 28.9 Å². The van der Waals surface area contributed by atoms with Crippen LogP contribution in [0.1, 0.15) is 19.8 Å². The van der Waals surface area contributed by atoms with E-state index >= 15 is 0 Å². The van der Waals surface area contributed by atoms with Crippen LogP contribution in [0, 0.1) is 0 Å². The average molecular weight is 447 g/mol. The maximum absolute atomic E-state index is 12.7. The molecule has 0 N–H and O–H groups in total. The molecule has 0 bridgehead atoms. The molecule has 3 aromatic rings. The lowest BCUT2D eigenvalue weighted by atomic mass is 10.2. The van der Waals surface area contributed by atoms with Crippen molar-refractivity contribution in [3.63, 3.8) is 0 Å². The highest BCUT2D eigenvalue weighted by Crippen LogP contribution is 2.34. The molecule has 1 heterocycles. The number of rotatable bonds is 7. The normalized spacial score (nSPS) is 13.5. The first kappa shape index (κ1) is 20.3. The second kappa shape index (κ2) is 8.78. The Morgan fingerprint density at radius 2 is 1.93 bits per heavy atom. The molecule has 1 aliphatic carbocycles. The highest BCUT2D eigenvalue weighted by atomic mass is 35.5. The van der Waals surface area contributed by atoms with Crippen LogP contribution < -0.4 is 0 Å². The summed E-state index contributed by atoms with van der Waals surface area (Å²) in [6, 6.07) is 15.5. The lowest BCUT2D eigenvalue weighted by Crippen LogP contribution is -2.34. The predicted molar refractivity (Wildman–Crippen MR) is 118 cm³/mol. The Morgan fingerprint density at radius 1 is 1.17 bits per heavy atom. The number of thioether (sulfide) groups is 1. The van der Waals surface area contributed by atoms with Crippen LogP contribution in [0.2, 0.25) is 10.0 Å². The summed E-state index contributed by atoms with van der Waals surface area (Å²) in [7, 11) is 0. The van der Waals surface area contributed by atoms with Crippen LogP contribution in [-0.4, -0.2) is 43.9 Å². The summed E-state index contributed by atoms with van der Waals surface area (Å²) in [6.45, 7) is 2.76. The second-order valence-electron chi connectivity index (χ2n) is 6.80. The van der Waals surface area contributed by atoms with Crippen molar-refractivity contribution < 1.29 is 4.79 Å². The summed E-state index contributed by atoms with van der Waals surface area (Å²) in [5.74, 6) is 1.07. The lowest BCUT2D eigenvalue weighted by Gasteiger charge is -2.20. The molecule has 0 atom stereocenters. The highest BCUT2D eigenvalue weighted by Gasteiger charge is 2.31. The Kier molecular flexibility index (Phi) is 6.13. The van der Waals surface area contributed by atoms with Gasteiger partial charge in [0.1, 0.15) is 0 Å². The first-order valence-corrected chi connectivity index (χ1v) is 11.2. The van der Waals surface area contributed by atoms with Crippen LogP contribution in [0.15, 0.2) is 53.7 Å². The van der Waals surface area contributed by atoms with Crippen LogP contribution in [0.25, 0.3) is 17.1 Å². The number of aromatic nitrogens is 3. The van der Waals surface area contributed by atoms with Gasteiger partial charge in [-0.05, 0) is 50.1 Å². The smallest absolute Gasteiger partial charge is 0.233 e. The Bertz CT molecular complexity index is 1020. The molecule has 1 saturated carbocycles. The molecule has 0 aliphatic heterocycles. The van der Waals surface area contributed by atoms with Crippen LogP contribution >= 0.6 is 35.0 Å². The van der Waals surface area contributed by atoms with Gasteiger partial charge in [-0.3, -0.25) is 9.36 Å². The van der Waals surface area contributed by atoms with E-state index in [9.17, 15) is 4.79 Å². The molecule has 1 aromatic heterocycles. The number of hydrogen-bond donors (Lipinski definition) is 0. The predicted octanol–water partition coefficient (Wildman–Crippen LogP) is 5.34. The zero-order valence-corrected chi connectivity index (χ0v) is 18.2. The molecule has 5 nitrogen and oxygen atoms in total. The number of hydrogen-bond acceptors (Lipinski definition) is 4. The Labute approximate surface area is 184 Å². The third-order valence-electron chi connectivity index (χ3n) is 4.79.